The summed E-state index contributed by atoms with van der Waals surface area (Å²) >= 11 is 0. The summed E-state index contributed by atoms with van der Waals surface area (Å²) < 4.78 is 2.06. The molecule has 7 nitrogen and oxygen atoms in total. The van der Waals surface area contributed by atoms with Gasteiger partial charge in [-0.05, 0) is 140 Å². The van der Waals surface area contributed by atoms with Gasteiger partial charge in [0.25, 0.3) is 0 Å². The average molecular weight is 669 g/mol. The number of carbonyl (C=O) groups excluding carboxylic acids is 1. The van der Waals surface area contributed by atoms with Crippen LogP contribution in [0.2, 0.25) is 0 Å². The predicted molar refractivity (Wildman–Crippen MR) is 197 cm³/mol. The zero-order valence-corrected chi connectivity index (χ0v) is 30.6. The lowest BCUT2D eigenvalue weighted by molar-refractivity contribution is -0.210. The monoisotopic (exact) mass is 668 g/mol. The highest BCUT2D eigenvalue weighted by molar-refractivity contribution is 5.88. The maximum atomic E-state index is 13.3. The minimum atomic E-state index is -0.866. The lowest BCUT2D eigenvalue weighted by Crippen LogP contribution is -2.67. The molecule has 0 radical (unpaired) electrons. The van der Waals surface area contributed by atoms with Crippen LogP contribution in [0, 0.1) is 45.8 Å². The van der Waals surface area contributed by atoms with Gasteiger partial charge in [-0.1, -0.05) is 58.4 Å². The summed E-state index contributed by atoms with van der Waals surface area (Å²) in [5.41, 5.74) is 3.73. The van der Waals surface area contributed by atoms with Gasteiger partial charge in [0.1, 0.15) is 0 Å². The highest BCUT2D eigenvalue weighted by atomic mass is 16.4. The third-order valence-electron chi connectivity index (χ3n) is 14.8. The van der Waals surface area contributed by atoms with Gasteiger partial charge in [0, 0.05) is 31.0 Å². The van der Waals surface area contributed by atoms with E-state index in [4.69, 9.17) is 0 Å². The number of aromatic carboxylic acids is 1. The zero-order valence-electron chi connectivity index (χ0n) is 30.6. The number of nitrogens with zero attached hydrogens (tertiary/aromatic N) is 2. The van der Waals surface area contributed by atoms with Crippen LogP contribution in [0.1, 0.15) is 121 Å². The van der Waals surface area contributed by atoms with E-state index in [2.05, 4.69) is 60.5 Å². The number of carboxylic acids is 1. The maximum Gasteiger partial charge on any atom is 0.335 e. The molecule has 0 saturated heterocycles. The molecule has 1 aromatic carbocycles. The molecule has 1 aromatic heterocycles. The fraction of sp³-hybridized carbons (Fsp3) is 0.643. The average Bonchev–Trinajstić information content (AvgIpc) is 3.74. The summed E-state index contributed by atoms with van der Waals surface area (Å²) in [6, 6.07) is 7.56. The smallest absolute Gasteiger partial charge is 0.335 e. The summed E-state index contributed by atoms with van der Waals surface area (Å²) in [6.07, 6.45) is 22.8. The highest BCUT2D eigenvalue weighted by Crippen LogP contribution is 2.75. The molecular weight excluding hydrogens is 608 g/mol. The van der Waals surface area contributed by atoms with Crippen LogP contribution in [0.5, 0.6) is 0 Å². The first-order valence-corrected chi connectivity index (χ1v) is 19.0. The molecule has 5 aliphatic rings. The van der Waals surface area contributed by atoms with Crippen molar-refractivity contribution in [2.75, 3.05) is 6.54 Å². The van der Waals surface area contributed by atoms with Gasteiger partial charge in [0.2, 0.25) is 0 Å². The largest absolute Gasteiger partial charge is 0.478 e. The number of amides is 2. The van der Waals surface area contributed by atoms with E-state index in [9.17, 15) is 14.7 Å². The van der Waals surface area contributed by atoms with Crippen molar-refractivity contribution < 1.29 is 14.7 Å². The van der Waals surface area contributed by atoms with Crippen molar-refractivity contribution in [2.24, 2.45) is 45.8 Å². The van der Waals surface area contributed by atoms with Gasteiger partial charge in [-0.2, -0.15) is 0 Å². The van der Waals surface area contributed by atoms with E-state index in [-0.39, 0.29) is 22.4 Å². The van der Waals surface area contributed by atoms with Gasteiger partial charge in [-0.15, -0.1) is 6.58 Å². The van der Waals surface area contributed by atoms with E-state index in [1.807, 2.05) is 31.6 Å². The quantitative estimate of drug-likeness (QED) is 0.202. The summed E-state index contributed by atoms with van der Waals surface area (Å²) in [5, 5.41) is 16.2. The van der Waals surface area contributed by atoms with E-state index in [0.29, 0.717) is 47.1 Å². The first-order valence-electron chi connectivity index (χ1n) is 19.0. The minimum Gasteiger partial charge on any atom is -0.478 e. The van der Waals surface area contributed by atoms with Crippen molar-refractivity contribution in [3.05, 3.63) is 72.8 Å². The van der Waals surface area contributed by atoms with Crippen LogP contribution in [-0.2, 0) is 6.54 Å². The second kappa shape index (κ2) is 13.8. The fourth-order valence-electron chi connectivity index (χ4n) is 12.4. The highest BCUT2D eigenvalue weighted by Gasteiger charge is 2.68. The number of hydrogen-bond acceptors (Lipinski definition) is 3. The topological polar surface area (TPSA) is 96.3 Å². The second-order valence-electron chi connectivity index (χ2n) is 16.9. The van der Waals surface area contributed by atoms with Gasteiger partial charge in [0.05, 0.1) is 11.9 Å². The molecule has 7 heteroatoms. The number of allylic oxidation sites excluding steroid dienone is 3. The van der Waals surface area contributed by atoms with Gasteiger partial charge in [-0.25, -0.2) is 14.6 Å². The van der Waals surface area contributed by atoms with E-state index < -0.39 is 5.97 Å². The molecule has 5 aliphatic carbocycles. The maximum absolute atomic E-state index is 13.3. The molecule has 266 valence electrons. The summed E-state index contributed by atoms with van der Waals surface area (Å²) in [6.45, 7) is 17.2. The fourth-order valence-corrected chi connectivity index (χ4v) is 12.4. The van der Waals surface area contributed by atoms with Crippen LogP contribution >= 0.6 is 0 Å². The zero-order chi connectivity index (χ0) is 35.0. The van der Waals surface area contributed by atoms with Crippen molar-refractivity contribution in [1.82, 2.24) is 20.2 Å². The van der Waals surface area contributed by atoms with Crippen molar-refractivity contribution in [1.29, 1.82) is 0 Å². The number of aryl methyl sites for hydroxylation is 1. The molecule has 8 unspecified atom stereocenters. The van der Waals surface area contributed by atoms with Crippen LogP contribution in [0.4, 0.5) is 4.79 Å². The number of rotatable bonds is 7. The Morgan fingerprint density at radius 1 is 1.00 bits per heavy atom. The number of carbonyl (C=O) groups is 2. The number of urea groups is 1. The lowest BCUT2D eigenvalue weighted by atomic mass is 9.34. The molecular formula is C42H60N4O3. The van der Waals surface area contributed by atoms with E-state index >= 15 is 0 Å². The number of fused-ring (bicyclic) bond motifs is 7. The lowest BCUT2D eigenvalue weighted by Gasteiger charge is -2.71. The molecule has 2 aromatic rings. The first kappa shape index (κ1) is 35.5. The number of imidazole rings is 1. The Morgan fingerprint density at radius 2 is 1.76 bits per heavy atom. The third kappa shape index (κ3) is 6.07. The summed E-state index contributed by atoms with van der Waals surface area (Å²) in [7, 11) is 0. The molecule has 0 bridgehead atoms. The first-order chi connectivity index (χ1) is 23.4. The molecule has 2 amide bonds. The molecule has 4 fully saturated rings. The van der Waals surface area contributed by atoms with E-state index in [1.165, 1.54) is 56.1 Å². The molecule has 4 saturated carbocycles. The number of nitrogens with one attached hydrogen (secondary N) is 2. The van der Waals surface area contributed by atoms with E-state index in [1.54, 1.807) is 24.4 Å². The van der Waals surface area contributed by atoms with Crippen molar-refractivity contribution in [3.8, 4) is 0 Å². The van der Waals surface area contributed by atoms with Gasteiger partial charge in [-0.3, -0.25) is 0 Å². The van der Waals surface area contributed by atoms with Crippen LogP contribution < -0.4 is 10.6 Å². The van der Waals surface area contributed by atoms with Crippen LogP contribution in [0.15, 0.2) is 61.7 Å². The van der Waals surface area contributed by atoms with Gasteiger partial charge in [0.15, 0.2) is 0 Å². The van der Waals surface area contributed by atoms with Gasteiger partial charge >= 0.3 is 12.0 Å². The molecule has 0 spiro atoms. The van der Waals surface area contributed by atoms with Gasteiger partial charge < -0.3 is 20.3 Å². The third-order valence-corrected chi connectivity index (χ3v) is 14.8. The number of aromatic nitrogens is 2. The Balaban J connectivity index is 0.00000134. The molecule has 7 rings (SSSR count). The van der Waals surface area contributed by atoms with E-state index in [0.717, 1.165) is 32.2 Å². The summed E-state index contributed by atoms with van der Waals surface area (Å²) in [5.74, 6) is 2.15. The van der Waals surface area contributed by atoms with Crippen molar-refractivity contribution in [3.63, 3.8) is 0 Å². The Bertz CT molecular complexity index is 1530. The number of hydrogen-bond donors (Lipinski definition) is 3. The molecule has 9 atom stereocenters. The molecule has 3 N–H and O–H groups in total. The van der Waals surface area contributed by atoms with Crippen molar-refractivity contribution in [2.45, 2.75) is 117 Å². The molecule has 49 heavy (non-hydrogen) atoms. The number of carboxylic acid groups (broad SMARTS) is 1. The number of benzene rings is 1. The molecule has 1 heterocycles. The Hall–Kier alpha value is -3.35. The second-order valence-corrected chi connectivity index (χ2v) is 16.9. The van der Waals surface area contributed by atoms with Crippen LogP contribution in [0.3, 0.4) is 0 Å². The van der Waals surface area contributed by atoms with Crippen molar-refractivity contribution >= 4 is 17.6 Å². The van der Waals surface area contributed by atoms with Crippen LogP contribution in [0.25, 0.3) is 5.57 Å². The Morgan fingerprint density at radius 3 is 2.45 bits per heavy atom. The predicted octanol–water partition coefficient (Wildman–Crippen LogP) is 9.37. The summed E-state index contributed by atoms with van der Waals surface area (Å²) in [4.78, 5) is 28.8. The standard InChI is InChI=1S/C39H54N4O3.C3H6/c1-26-29(27-8-10-28(11-9-27)34(44)45)14-17-36(2)30(26)15-18-38(4)33(36)13-12-31-32-7-5-16-39(32,20-19-37(31,38)3)42-35(46)41-21-6-23-43-24-22-40-25-43;1-3-2/h8-11,14,22,24-26,30-33H,5-7,12-13,15-21,23H2,1-4H3,(H,44,45)(H2,41,42,46);3H,1H2,2H3/t26?,30?,31?,32?,33?,36?,37-,38?,39?;/m1./s1. The Labute approximate surface area is 294 Å². The minimum absolute atomic E-state index is 0.0189. The SMILES string of the molecule is C=CC.CC1C(c2ccc(C(=O)O)cc2)=CCC2(C)C1CCC1(C)C2CCC2C3CCCC3(NC(=O)NCCCn3ccnc3)CC[C@]21C. The normalized spacial score (nSPS) is 37.5. The Kier molecular flexibility index (Phi) is 9.96. The van der Waals surface area contributed by atoms with Crippen LogP contribution in [-0.4, -0.2) is 38.7 Å². The molecule has 0 aliphatic heterocycles.